The van der Waals surface area contributed by atoms with E-state index in [1.54, 1.807) is 0 Å². The molecule has 7 nitrogen and oxygen atoms in total. The third kappa shape index (κ3) is 3.93. The normalized spacial score (nSPS) is 16.7. The molecule has 1 atom stereocenters. The van der Waals surface area contributed by atoms with E-state index < -0.39 is 0 Å². The Hall–Kier alpha value is -2.38. The molecule has 1 fully saturated rings. The van der Waals surface area contributed by atoms with Crippen LogP contribution in [-0.4, -0.2) is 43.7 Å². The van der Waals surface area contributed by atoms with Crippen LogP contribution < -0.4 is 10.0 Å². The minimum absolute atomic E-state index is 0.0419. The Morgan fingerprint density at radius 3 is 2.62 bits per heavy atom. The van der Waals surface area contributed by atoms with Gasteiger partial charge in [-0.2, -0.15) is 4.73 Å². The molecule has 24 heavy (non-hydrogen) atoms. The standard InChI is InChI=1S/C17H21N3O4/c1-13-2-3-16(24-13)15(19-8-10-23-11-9-19)12-18-17(21)14-4-6-20(22)7-5-14/h2-7,15H,8-12H2,1H3,(H,18,21). The van der Waals surface area contributed by atoms with Crippen LogP contribution in [0.5, 0.6) is 0 Å². The second-order valence-electron chi connectivity index (χ2n) is 5.77. The zero-order chi connectivity index (χ0) is 16.9. The smallest absolute Gasteiger partial charge is 0.251 e. The number of aromatic nitrogens is 1. The Morgan fingerprint density at radius 2 is 2.00 bits per heavy atom. The Balaban J connectivity index is 1.69. The van der Waals surface area contributed by atoms with Gasteiger partial charge in [0, 0.05) is 31.8 Å². The van der Waals surface area contributed by atoms with Gasteiger partial charge in [0.25, 0.3) is 5.91 Å². The Labute approximate surface area is 140 Å². The number of hydrogen-bond acceptors (Lipinski definition) is 5. The Bertz CT molecular complexity index is 677. The van der Waals surface area contributed by atoms with Crippen LogP contribution in [0.25, 0.3) is 0 Å². The first kappa shape index (κ1) is 16.5. The number of morpholine rings is 1. The predicted molar refractivity (Wildman–Crippen MR) is 86.3 cm³/mol. The van der Waals surface area contributed by atoms with E-state index in [1.807, 2.05) is 19.1 Å². The van der Waals surface area contributed by atoms with Gasteiger partial charge in [0.05, 0.1) is 24.8 Å². The van der Waals surface area contributed by atoms with Crippen molar-refractivity contribution < 1.29 is 18.7 Å². The molecule has 0 bridgehead atoms. The number of aryl methyl sites for hydroxylation is 1. The molecule has 3 rings (SSSR count). The lowest BCUT2D eigenvalue weighted by molar-refractivity contribution is -0.605. The molecule has 0 saturated carbocycles. The first-order valence-electron chi connectivity index (χ1n) is 7.98. The van der Waals surface area contributed by atoms with E-state index in [-0.39, 0.29) is 11.9 Å². The molecule has 3 heterocycles. The molecule has 1 unspecified atom stereocenters. The van der Waals surface area contributed by atoms with Crippen molar-refractivity contribution in [2.75, 3.05) is 32.8 Å². The lowest BCUT2D eigenvalue weighted by Gasteiger charge is -2.33. The zero-order valence-electron chi connectivity index (χ0n) is 13.6. The van der Waals surface area contributed by atoms with Gasteiger partial charge in [-0.25, -0.2) is 0 Å². The topological polar surface area (TPSA) is 81.7 Å². The fourth-order valence-corrected chi connectivity index (χ4v) is 2.79. The highest BCUT2D eigenvalue weighted by Crippen LogP contribution is 2.23. The van der Waals surface area contributed by atoms with Crippen LogP contribution in [0.3, 0.4) is 0 Å². The second-order valence-corrected chi connectivity index (χ2v) is 5.77. The van der Waals surface area contributed by atoms with Gasteiger partial charge < -0.3 is 19.7 Å². The number of furan rings is 1. The molecule has 1 amide bonds. The van der Waals surface area contributed by atoms with Crippen molar-refractivity contribution in [2.45, 2.75) is 13.0 Å². The van der Waals surface area contributed by atoms with E-state index in [1.165, 1.54) is 24.5 Å². The maximum atomic E-state index is 12.3. The number of nitrogens with zero attached hydrogens (tertiary/aromatic N) is 2. The van der Waals surface area contributed by atoms with Gasteiger partial charge in [0.15, 0.2) is 12.4 Å². The number of rotatable bonds is 5. The fourth-order valence-electron chi connectivity index (χ4n) is 2.79. The molecule has 2 aromatic heterocycles. The molecule has 7 heteroatoms. The summed E-state index contributed by atoms with van der Waals surface area (Å²) in [6, 6.07) is 6.84. The zero-order valence-corrected chi connectivity index (χ0v) is 13.6. The minimum Gasteiger partial charge on any atom is -0.619 e. The van der Waals surface area contributed by atoms with Gasteiger partial charge in [-0.15, -0.1) is 0 Å². The number of hydrogen-bond donors (Lipinski definition) is 1. The molecule has 1 aliphatic rings. The van der Waals surface area contributed by atoms with Crippen molar-refractivity contribution in [1.82, 2.24) is 10.2 Å². The first-order valence-corrected chi connectivity index (χ1v) is 7.98. The van der Waals surface area contributed by atoms with E-state index in [0.29, 0.717) is 30.1 Å². The number of nitrogens with one attached hydrogen (secondary N) is 1. The van der Waals surface area contributed by atoms with Crippen molar-refractivity contribution >= 4 is 5.91 Å². The van der Waals surface area contributed by atoms with Crippen LogP contribution in [0.15, 0.2) is 41.1 Å². The van der Waals surface area contributed by atoms with Crippen LogP contribution in [0.1, 0.15) is 27.9 Å². The van der Waals surface area contributed by atoms with E-state index in [4.69, 9.17) is 9.15 Å². The molecule has 0 spiro atoms. The van der Waals surface area contributed by atoms with Crippen molar-refractivity contribution in [3.8, 4) is 0 Å². The summed E-state index contributed by atoms with van der Waals surface area (Å²) in [5, 5.41) is 14.0. The molecular weight excluding hydrogens is 310 g/mol. The Morgan fingerprint density at radius 1 is 1.29 bits per heavy atom. The van der Waals surface area contributed by atoms with Crippen molar-refractivity contribution in [3.05, 3.63) is 59.0 Å². The van der Waals surface area contributed by atoms with E-state index >= 15 is 0 Å². The van der Waals surface area contributed by atoms with Crippen LogP contribution in [0.2, 0.25) is 0 Å². The summed E-state index contributed by atoms with van der Waals surface area (Å²) in [5.41, 5.74) is 0.457. The monoisotopic (exact) mass is 331 g/mol. The van der Waals surface area contributed by atoms with Crippen LogP contribution in [0, 0.1) is 12.1 Å². The number of pyridine rings is 1. The lowest BCUT2D eigenvalue weighted by Crippen LogP contribution is -2.43. The molecular formula is C17H21N3O4. The average molecular weight is 331 g/mol. The number of carbonyl (C=O) groups is 1. The summed E-state index contributed by atoms with van der Waals surface area (Å²) in [5.74, 6) is 1.47. The van der Waals surface area contributed by atoms with E-state index in [0.717, 1.165) is 24.6 Å². The third-order valence-electron chi connectivity index (χ3n) is 4.10. The van der Waals surface area contributed by atoms with Crippen molar-refractivity contribution in [2.24, 2.45) is 0 Å². The highest BCUT2D eigenvalue weighted by molar-refractivity contribution is 5.93. The van der Waals surface area contributed by atoms with Gasteiger partial charge in [-0.3, -0.25) is 9.69 Å². The van der Waals surface area contributed by atoms with Gasteiger partial charge in [-0.05, 0) is 19.1 Å². The average Bonchev–Trinajstić information content (AvgIpc) is 3.02. The van der Waals surface area contributed by atoms with Crippen LogP contribution in [-0.2, 0) is 4.74 Å². The van der Waals surface area contributed by atoms with E-state index in [2.05, 4.69) is 10.2 Å². The molecule has 1 saturated heterocycles. The molecule has 1 aliphatic heterocycles. The van der Waals surface area contributed by atoms with Crippen LogP contribution >= 0.6 is 0 Å². The summed E-state index contributed by atoms with van der Waals surface area (Å²) in [6.45, 7) is 5.26. The largest absolute Gasteiger partial charge is 0.619 e. The van der Waals surface area contributed by atoms with Gasteiger partial charge in [-0.1, -0.05) is 0 Å². The third-order valence-corrected chi connectivity index (χ3v) is 4.10. The summed E-state index contributed by atoms with van der Waals surface area (Å²) >= 11 is 0. The molecule has 128 valence electrons. The van der Waals surface area contributed by atoms with Crippen LogP contribution in [0.4, 0.5) is 0 Å². The van der Waals surface area contributed by atoms with Crippen molar-refractivity contribution in [1.29, 1.82) is 0 Å². The summed E-state index contributed by atoms with van der Waals surface area (Å²) in [6.07, 6.45) is 2.62. The number of carbonyl (C=O) groups excluding carboxylic acids is 1. The fraction of sp³-hybridized carbons (Fsp3) is 0.412. The summed E-state index contributed by atoms with van der Waals surface area (Å²) in [7, 11) is 0. The molecule has 0 aliphatic carbocycles. The Kier molecular flexibility index (Phi) is 5.12. The van der Waals surface area contributed by atoms with E-state index in [9.17, 15) is 10.0 Å². The number of amides is 1. The molecule has 0 aromatic carbocycles. The number of ether oxygens (including phenoxy) is 1. The maximum Gasteiger partial charge on any atom is 0.251 e. The SMILES string of the molecule is Cc1ccc(C(CNC(=O)c2cc[n+]([O-])cc2)N2CCOCC2)o1. The predicted octanol–water partition coefficient (Wildman–Crippen LogP) is 1.02. The highest BCUT2D eigenvalue weighted by atomic mass is 16.5. The van der Waals surface area contributed by atoms with Gasteiger partial charge in [0.2, 0.25) is 0 Å². The van der Waals surface area contributed by atoms with Crippen molar-refractivity contribution in [3.63, 3.8) is 0 Å². The summed E-state index contributed by atoms with van der Waals surface area (Å²) in [4.78, 5) is 14.5. The van der Waals surface area contributed by atoms with Gasteiger partial charge >= 0.3 is 0 Å². The lowest BCUT2D eigenvalue weighted by atomic mass is 10.1. The first-order chi connectivity index (χ1) is 11.6. The molecule has 1 N–H and O–H groups in total. The van der Waals surface area contributed by atoms with Gasteiger partial charge in [0.1, 0.15) is 11.5 Å². The second kappa shape index (κ2) is 7.46. The quantitative estimate of drug-likeness (QED) is 0.653. The maximum absolute atomic E-state index is 12.3. The summed E-state index contributed by atoms with van der Waals surface area (Å²) < 4.78 is 11.8. The molecule has 0 radical (unpaired) electrons. The minimum atomic E-state index is -0.211. The molecule has 2 aromatic rings. The highest BCUT2D eigenvalue weighted by Gasteiger charge is 2.25.